The lowest BCUT2D eigenvalue weighted by Gasteiger charge is -2.20. The average Bonchev–Trinajstić information content (AvgIpc) is 3.11. The second-order valence-electron chi connectivity index (χ2n) is 6.31. The van der Waals surface area contributed by atoms with E-state index in [1.165, 1.54) is 11.7 Å². The van der Waals surface area contributed by atoms with Crippen LogP contribution in [-0.2, 0) is 17.1 Å². The summed E-state index contributed by atoms with van der Waals surface area (Å²) in [5.41, 5.74) is 2.21. The van der Waals surface area contributed by atoms with Gasteiger partial charge in [0.05, 0.1) is 15.9 Å². The highest BCUT2D eigenvalue weighted by Crippen LogP contribution is 2.34. The van der Waals surface area contributed by atoms with E-state index in [0.717, 1.165) is 21.6 Å². The predicted octanol–water partition coefficient (Wildman–Crippen LogP) is 2.44. The molecule has 2 aromatic carbocycles. The number of sulfonamides is 1. The first-order chi connectivity index (χ1) is 13.9. The van der Waals surface area contributed by atoms with Gasteiger partial charge in [-0.3, -0.25) is 4.31 Å². The van der Waals surface area contributed by atoms with Crippen LogP contribution < -0.4 is 4.31 Å². The highest BCUT2D eigenvalue weighted by atomic mass is 32.2. The Morgan fingerprint density at radius 2 is 1.66 bits per heavy atom. The van der Waals surface area contributed by atoms with Crippen molar-refractivity contribution in [2.75, 3.05) is 11.4 Å². The molecule has 0 saturated carbocycles. The first kappa shape index (κ1) is 19.3. The maximum Gasteiger partial charge on any atom is 0.265 e. The molecule has 0 N–H and O–H groups in total. The van der Waals surface area contributed by atoms with Crippen LogP contribution in [0.1, 0.15) is 5.56 Å². The van der Waals surface area contributed by atoms with Crippen LogP contribution >= 0.6 is 11.8 Å². The molecule has 0 fully saturated rings. The van der Waals surface area contributed by atoms with Gasteiger partial charge in [-0.05, 0) is 53.4 Å². The molecule has 0 amide bonds. The molecule has 2 aromatic heterocycles. The van der Waals surface area contributed by atoms with Crippen LogP contribution in [0.5, 0.6) is 0 Å². The van der Waals surface area contributed by atoms with E-state index in [-0.39, 0.29) is 10.7 Å². The molecule has 0 saturated heterocycles. The monoisotopic (exact) mass is 427 g/mol. The summed E-state index contributed by atoms with van der Waals surface area (Å²) in [5.74, 6) is 0.206. The molecule has 0 atom stereocenters. The van der Waals surface area contributed by atoms with Crippen molar-refractivity contribution in [3.8, 4) is 0 Å². The Kier molecular flexibility index (Phi) is 4.92. The maximum absolute atomic E-state index is 13.2. The number of anilines is 1. The maximum atomic E-state index is 13.2. The number of benzene rings is 2. The van der Waals surface area contributed by atoms with Gasteiger partial charge in [0.1, 0.15) is 5.03 Å². The van der Waals surface area contributed by atoms with Crippen LogP contribution in [0.4, 0.5) is 5.82 Å². The zero-order valence-electron chi connectivity index (χ0n) is 15.9. The summed E-state index contributed by atoms with van der Waals surface area (Å²) in [6, 6.07) is 14.0. The number of rotatable bonds is 5. The van der Waals surface area contributed by atoms with Gasteiger partial charge >= 0.3 is 0 Å². The van der Waals surface area contributed by atoms with Crippen LogP contribution in [0.2, 0.25) is 0 Å². The minimum atomic E-state index is -3.83. The molecule has 2 heterocycles. The van der Waals surface area contributed by atoms with E-state index in [0.29, 0.717) is 21.2 Å². The minimum Gasteiger partial charge on any atom is -0.251 e. The molecule has 4 aromatic rings. The summed E-state index contributed by atoms with van der Waals surface area (Å²) in [7, 11) is -0.667. The Labute approximate surface area is 171 Å². The van der Waals surface area contributed by atoms with Crippen LogP contribution in [-0.4, -0.2) is 45.6 Å². The fraction of sp³-hybridized carbons (Fsp3) is 0.167. The standard InChI is InChI=1S/C18H17N7O2S2/c1-12-8-10-13(11-9-12)29(26,27)25(3)16-17(28-18-21-22-23-24(18)2)20-15-7-5-4-6-14(15)19-16/h4-11H,1-3H3. The van der Waals surface area contributed by atoms with Gasteiger partial charge in [-0.15, -0.1) is 5.10 Å². The van der Waals surface area contributed by atoms with Crippen LogP contribution in [0.15, 0.2) is 63.6 Å². The highest BCUT2D eigenvalue weighted by Gasteiger charge is 2.27. The first-order valence-electron chi connectivity index (χ1n) is 8.59. The summed E-state index contributed by atoms with van der Waals surface area (Å²) in [4.78, 5) is 9.38. The second kappa shape index (κ2) is 7.41. The molecule has 0 aliphatic carbocycles. The average molecular weight is 428 g/mol. The number of aromatic nitrogens is 6. The Bertz CT molecular complexity index is 1290. The summed E-state index contributed by atoms with van der Waals surface area (Å²) >= 11 is 1.15. The van der Waals surface area contributed by atoms with Gasteiger partial charge in [0, 0.05) is 14.1 Å². The SMILES string of the molecule is Cc1ccc(S(=O)(=O)N(C)c2nc3ccccc3nc2Sc2nnnn2C)cc1. The predicted molar refractivity (Wildman–Crippen MR) is 109 cm³/mol. The lowest BCUT2D eigenvalue weighted by molar-refractivity contribution is 0.593. The van der Waals surface area contributed by atoms with Crippen LogP contribution in [0, 0.1) is 6.92 Å². The molecule has 29 heavy (non-hydrogen) atoms. The van der Waals surface area contributed by atoms with Crippen molar-refractivity contribution < 1.29 is 8.42 Å². The van der Waals surface area contributed by atoms with Gasteiger partial charge in [0.15, 0.2) is 5.82 Å². The van der Waals surface area contributed by atoms with Crippen molar-refractivity contribution in [3.05, 3.63) is 54.1 Å². The van der Waals surface area contributed by atoms with E-state index in [9.17, 15) is 8.42 Å². The zero-order valence-corrected chi connectivity index (χ0v) is 17.5. The van der Waals surface area contributed by atoms with Gasteiger partial charge in [0.25, 0.3) is 10.0 Å². The first-order valence-corrected chi connectivity index (χ1v) is 10.8. The van der Waals surface area contributed by atoms with Gasteiger partial charge in [-0.1, -0.05) is 29.8 Å². The smallest absolute Gasteiger partial charge is 0.251 e. The molecule has 0 bridgehead atoms. The third kappa shape index (κ3) is 3.66. The van der Waals surface area contributed by atoms with Gasteiger partial charge in [0.2, 0.25) is 5.16 Å². The minimum absolute atomic E-state index is 0.178. The van der Waals surface area contributed by atoms with Crippen molar-refractivity contribution in [2.45, 2.75) is 22.0 Å². The van der Waals surface area contributed by atoms with Crippen molar-refractivity contribution in [1.29, 1.82) is 0 Å². The van der Waals surface area contributed by atoms with E-state index < -0.39 is 10.0 Å². The number of tetrazole rings is 1. The third-order valence-electron chi connectivity index (χ3n) is 4.27. The van der Waals surface area contributed by atoms with E-state index >= 15 is 0 Å². The number of aryl methyl sites for hydroxylation is 2. The van der Waals surface area contributed by atoms with E-state index in [1.807, 2.05) is 25.1 Å². The molecule has 0 unspecified atom stereocenters. The number of nitrogens with zero attached hydrogens (tertiary/aromatic N) is 7. The Morgan fingerprint density at radius 1 is 1.00 bits per heavy atom. The van der Waals surface area contributed by atoms with Crippen LogP contribution in [0.25, 0.3) is 11.0 Å². The van der Waals surface area contributed by atoms with Gasteiger partial charge < -0.3 is 0 Å². The second-order valence-corrected chi connectivity index (χ2v) is 9.24. The molecule has 148 valence electrons. The molecular formula is C18H17N7O2S2. The lowest BCUT2D eigenvalue weighted by atomic mass is 10.2. The number of para-hydroxylation sites is 2. The largest absolute Gasteiger partial charge is 0.265 e. The fourth-order valence-corrected chi connectivity index (χ4v) is 4.67. The molecule has 0 spiro atoms. The summed E-state index contributed by atoms with van der Waals surface area (Å²) < 4.78 is 29.0. The zero-order chi connectivity index (χ0) is 20.6. The quantitative estimate of drug-likeness (QED) is 0.478. The van der Waals surface area contributed by atoms with Crippen molar-refractivity contribution in [3.63, 3.8) is 0 Å². The van der Waals surface area contributed by atoms with Crippen molar-refractivity contribution in [2.24, 2.45) is 7.05 Å². The molecule has 4 rings (SSSR count). The van der Waals surface area contributed by atoms with Crippen LogP contribution in [0.3, 0.4) is 0 Å². The molecule has 11 heteroatoms. The Morgan fingerprint density at radius 3 is 2.28 bits per heavy atom. The number of hydrogen-bond acceptors (Lipinski definition) is 8. The van der Waals surface area contributed by atoms with E-state index in [2.05, 4.69) is 25.5 Å². The topological polar surface area (TPSA) is 107 Å². The molecule has 0 radical (unpaired) electrons. The van der Waals surface area contributed by atoms with Gasteiger partial charge in [-0.2, -0.15) is 0 Å². The molecule has 0 aliphatic rings. The van der Waals surface area contributed by atoms with Crippen molar-refractivity contribution in [1.82, 2.24) is 30.2 Å². The summed E-state index contributed by atoms with van der Waals surface area (Å²) in [6.07, 6.45) is 0. The molecule has 9 nitrogen and oxygen atoms in total. The van der Waals surface area contributed by atoms with E-state index in [4.69, 9.17) is 0 Å². The number of hydrogen-bond donors (Lipinski definition) is 0. The fourth-order valence-electron chi connectivity index (χ4n) is 2.62. The summed E-state index contributed by atoms with van der Waals surface area (Å²) in [6.45, 7) is 1.90. The third-order valence-corrected chi connectivity index (χ3v) is 7.03. The molecular weight excluding hydrogens is 410 g/mol. The van der Waals surface area contributed by atoms with E-state index in [1.54, 1.807) is 37.4 Å². The Hall–Kier alpha value is -3.05. The highest BCUT2D eigenvalue weighted by molar-refractivity contribution is 7.99. The normalized spacial score (nSPS) is 11.7. The van der Waals surface area contributed by atoms with Crippen molar-refractivity contribution >= 4 is 38.6 Å². The summed E-state index contributed by atoms with van der Waals surface area (Å²) in [5, 5.41) is 12.2. The van der Waals surface area contributed by atoms with Gasteiger partial charge in [-0.25, -0.2) is 23.1 Å². The number of fused-ring (bicyclic) bond motifs is 1. The lowest BCUT2D eigenvalue weighted by Crippen LogP contribution is -2.28. The molecule has 0 aliphatic heterocycles. The Balaban J connectivity index is 1.85.